The summed E-state index contributed by atoms with van der Waals surface area (Å²) >= 11 is 3.27. The second-order valence-corrected chi connectivity index (χ2v) is 12.7. The largest absolute Gasteiger partial charge is 0.465 e. The number of hydrogen-bond donors (Lipinski definition) is 0. The molecule has 0 amide bonds. The maximum atomic E-state index is 13.2. The fourth-order valence-corrected chi connectivity index (χ4v) is 7.04. The maximum absolute atomic E-state index is 13.2. The number of halogens is 1. The number of esters is 2. The van der Waals surface area contributed by atoms with Crippen LogP contribution in [0.4, 0.5) is 0 Å². The number of sulfone groups is 1. The van der Waals surface area contributed by atoms with E-state index in [9.17, 15) is 18.0 Å². The highest BCUT2D eigenvalue weighted by atomic mass is 79.9. The van der Waals surface area contributed by atoms with Crippen molar-refractivity contribution in [2.75, 3.05) is 13.2 Å². The van der Waals surface area contributed by atoms with Crippen LogP contribution in [0.1, 0.15) is 67.2 Å². The van der Waals surface area contributed by atoms with Gasteiger partial charge in [0.15, 0.2) is 15.3 Å². The van der Waals surface area contributed by atoms with Gasteiger partial charge in [-0.3, -0.25) is 9.59 Å². The zero-order valence-electron chi connectivity index (χ0n) is 17.7. The van der Waals surface area contributed by atoms with Gasteiger partial charge < -0.3 is 9.47 Å². The number of hydrogen-bond acceptors (Lipinski definition) is 6. The predicted octanol–water partition coefficient (Wildman–Crippen LogP) is 4.17. The van der Waals surface area contributed by atoms with Gasteiger partial charge in [-0.05, 0) is 60.8 Å². The lowest BCUT2D eigenvalue weighted by Gasteiger charge is -2.40. The van der Waals surface area contributed by atoms with Crippen LogP contribution in [0.15, 0.2) is 11.6 Å². The van der Waals surface area contributed by atoms with E-state index in [1.807, 2.05) is 13.0 Å². The molecule has 0 N–H and O–H groups in total. The van der Waals surface area contributed by atoms with E-state index in [1.54, 1.807) is 34.6 Å². The normalized spacial score (nSPS) is 19.5. The van der Waals surface area contributed by atoms with Crippen molar-refractivity contribution < 1.29 is 27.5 Å². The van der Waals surface area contributed by atoms with Crippen LogP contribution in [0, 0.1) is 11.3 Å². The Labute approximate surface area is 177 Å². The second-order valence-electron chi connectivity index (χ2n) is 8.12. The average molecular weight is 481 g/mol. The van der Waals surface area contributed by atoms with Crippen molar-refractivity contribution in [1.29, 1.82) is 0 Å². The smallest absolute Gasteiger partial charge is 0.324 e. The molecule has 1 aliphatic rings. The first-order valence-corrected chi connectivity index (χ1v) is 12.2. The molecular formula is C20H33BrO6S. The Bertz CT molecular complexity index is 687. The Kier molecular flexibility index (Phi) is 8.75. The van der Waals surface area contributed by atoms with Crippen molar-refractivity contribution in [3.05, 3.63) is 11.6 Å². The lowest BCUT2D eigenvalue weighted by molar-refractivity contribution is -0.176. The monoisotopic (exact) mass is 480 g/mol. The molecule has 0 radical (unpaired) electrons. The number of alkyl halides is 1. The topological polar surface area (TPSA) is 86.7 Å². The SMILES string of the molecule is CCOC(=O)C(CC(Br)S(=O)(=O)C(C)(C)C)(C(=O)OCC)[C@H]1CCCC=C1C. The molecule has 162 valence electrons. The van der Waals surface area contributed by atoms with Crippen molar-refractivity contribution in [1.82, 2.24) is 0 Å². The highest BCUT2D eigenvalue weighted by Gasteiger charge is 2.58. The van der Waals surface area contributed by atoms with Gasteiger partial charge in [-0.1, -0.05) is 27.6 Å². The van der Waals surface area contributed by atoms with Crippen LogP contribution >= 0.6 is 15.9 Å². The van der Waals surface area contributed by atoms with Crippen molar-refractivity contribution in [2.45, 2.75) is 76.1 Å². The van der Waals surface area contributed by atoms with Crippen LogP contribution in [-0.2, 0) is 28.9 Å². The molecule has 0 aromatic rings. The van der Waals surface area contributed by atoms with Crippen LogP contribution in [0.5, 0.6) is 0 Å². The average Bonchev–Trinajstić information content (AvgIpc) is 2.59. The first kappa shape index (κ1) is 25.1. The molecule has 8 heteroatoms. The van der Waals surface area contributed by atoms with Crippen LogP contribution in [0.25, 0.3) is 0 Å². The lowest BCUT2D eigenvalue weighted by Crippen LogP contribution is -2.52. The van der Waals surface area contributed by atoms with Gasteiger partial charge in [0.1, 0.15) is 4.16 Å². The van der Waals surface area contributed by atoms with E-state index >= 15 is 0 Å². The molecule has 0 bridgehead atoms. The summed E-state index contributed by atoms with van der Waals surface area (Å²) in [7, 11) is -3.68. The molecule has 0 spiro atoms. The predicted molar refractivity (Wildman–Crippen MR) is 113 cm³/mol. The summed E-state index contributed by atoms with van der Waals surface area (Å²) in [5.41, 5.74) is -0.820. The van der Waals surface area contributed by atoms with Crippen LogP contribution in [-0.4, -0.2) is 42.5 Å². The second kappa shape index (κ2) is 9.74. The van der Waals surface area contributed by atoms with Crippen molar-refractivity contribution >= 4 is 37.7 Å². The molecule has 0 aliphatic heterocycles. The number of carbonyl (C=O) groups is 2. The molecule has 0 heterocycles. The minimum Gasteiger partial charge on any atom is -0.465 e. The Morgan fingerprint density at radius 3 is 2.07 bits per heavy atom. The van der Waals surface area contributed by atoms with Crippen LogP contribution in [0.3, 0.4) is 0 Å². The van der Waals surface area contributed by atoms with Crippen LogP contribution in [0.2, 0.25) is 0 Å². The number of carbonyl (C=O) groups excluding carboxylic acids is 2. The fourth-order valence-electron chi connectivity index (χ4n) is 3.60. The van der Waals surface area contributed by atoms with Crippen molar-refractivity contribution in [2.24, 2.45) is 11.3 Å². The standard InChI is InChI=1S/C20H33BrO6S/c1-7-26-17(22)20(18(23)27-8-2,15-12-10-9-11-14(15)3)13-16(21)28(24,25)19(4,5)6/h11,15-16H,7-10,12-13H2,1-6H3/t15-,16?/m0/s1. The molecule has 0 saturated heterocycles. The summed E-state index contributed by atoms with van der Waals surface area (Å²) in [5, 5.41) is 0. The molecule has 6 nitrogen and oxygen atoms in total. The van der Waals surface area contributed by atoms with Gasteiger partial charge in [0.25, 0.3) is 0 Å². The van der Waals surface area contributed by atoms with Gasteiger partial charge in [0.05, 0.1) is 18.0 Å². The third-order valence-corrected chi connectivity index (χ3v) is 9.61. The fraction of sp³-hybridized carbons (Fsp3) is 0.800. The first-order chi connectivity index (χ1) is 12.9. The Morgan fingerprint density at radius 2 is 1.68 bits per heavy atom. The molecule has 0 aromatic carbocycles. The Morgan fingerprint density at radius 1 is 1.18 bits per heavy atom. The van der Waals surface area contributed by atoms with Crippen LogP contribution < -0.4 is 0 Å². The zero-order chi connectivity index (χ0) is 21.8. The van der Waals surface area contributed by atoms with Gasteiger partial charge in [0, 0.05) is 12.3 Å². The summed E-state index contributed by atoms with van der Waals surface area (Å²) in [6.07, 6.45) is 4.03. The van der Waals surface area contributed by atoms with Gasteiger partial charge in [-0.2, -0.15) is 0 Å². The van der Waals surface area contributed by atoms with Gasteiger partial charge in [-0.15, -0.1) is 0 Å². The summed E-state index contributed by atoms with van der Waals surface area (Å²) < 4.78 is 34.4. The van der Waals surface area contributed by atoms with Gasteiger partial charge in [-0.25, -0.2) is 8.42 Å². The molecule has 28 heavy (non-hydrogen) atoms. The lowest BCUT2D eigenvalue weighted by atomic mass is 9.66. The van der Waals surface area contributed by atoms with Gasteiger partial charge in [0.2, 0.25) is 0 Å². The zero-order valence-corrected chi connectivity index (χ0v) is 20.1. The molecule has 0 saturated carbocycles. The molecular weight excluding hydrogens is 448 g/mol. The van der Waals surface area contributed by atoms with E-state index in [2.05, 4.69) is 15.9 Å². The summed E-state index contributed by atoms with van der Waals surface area (Å²) in [6, 6.07) is 0. The summed E-state index contributed by atoms with van der Waals surface area (Å²) in [5.74, 6) is -1.90. The van der Waals surface area contributed by atoms with E-state index in [1.165, 1.54) is 0 Å². The van der Waals surface area contributed by atoms with Crippen molar-refractivity contribution in [3.63, 3.8) is 0 Å². The van der Waals surface area contributed by atoms with E-state index < -0.39 is 42.0 Å². The number of allylic oxidation sites excluding steroid dienone is 2. The van der Waals surface area contributed by atoms with E-state index in [0.29, 0.717) is 6.42 Å². The quantitative estimate of drug-likeness (QED) is 0.224. The number of ether oxygens (including phenoxy) is 2. The molecule has 1 aliphatic carbocycles. The maximum Gasteiger partial charge on any atom is 0.324 e. The molecule has 1 rings (SSSR count). The van der Waals surface area contributed by atoms with Gasteiger partial charge >= 0.3 is 11.9 Å². The third kappa shape index (κ3) is 4.99. The highest BCUT2D eigenvalue weighted by molar-refractivity contribution is 9.11. The third-order valence-electron chi connectivity index (χ3n) is 5.26. The van der Waals surface area contributed by atoms with E-state index in [4.69, 9.17) is 9.47 Å². The minimum absolute atomic E-state index is 0.0917. The molecule has 2 atom stereocenters. The molecule has 1 unspecified atom stereocenters. The van der Waals surface area contributed by atoms with Crippen molar-refractivity contribution in [3.8, 4) is 0 Å². The summed E-state index contributed by atoms with van der Waals surface area (Å²) in [6.45, 7) is 10.2. The Hall–Kier alpha value is -0.890. The summed E-state index contributed by atoms with van der Waals surface area (Å²) in [4.78, 5) is 26.3. The molecule has 0 fully saturated rings. The first-order valence-electron chi connectivity index (χ1n) is 9.74. The highest BCUT2D eigenvalue weighted by Crippen LogP contribution is 2.47. The van der Waals surface area contributed by atoms with E-state index in [0.717, 1.165) is 18.4 Å². The molecule has 0 aromatic heterocycles. The number of rotatable bonds is 8. The minimum atomic E-state index is -3.68. The Balaban J connectivity index is 3.59. The van der Waals surface area contributed by atoms with E-state index in [-0.39, 0.29) is 19.6 Å².